The topological polar surface area (TPSA) is 88.9 Å². The lowest BCUT2D eigenvalue weighted by molar-refractivity contribution is -0.119. The van der Waals surface area contributed by atoms with Gasteiger partial charge in [0.1, 0.15) is 18.7 Å². The van der Waals surface area contributed by atoms with Gasteiger partial charge in [-0.05, 0) is 42.7 Å². The van der Waals surface area contributed by atoms with Crippen molar-refractivity contribution in [1.29, 1.82) is 0 Å². The zero-order valence-corrected chi connectivity index (χ0v) is 15.9. The Morgan fingerprint density at radius 2 is 1.61 bits per heavy atom. The van der Waals surface area contributed by atoms with Crippen LogP contribution in [0.1, 0.15) is 37.8 Å². The number of nitrogens with one attached hydrogen (secondary N) is 2. The monoisotopic (exact) mass is 377 g/mol. The van der Waals surface area contributed by atoms with E-state index in [2.05, 4.69) is 20.7 Å². The summed E-state index contributed by atoms with van der Waals surface area (Å²) in [6.45, 7) is 3.77. The largest absolute Gasteiger partial charge is 0.326 e. The summed E-state index contributed by atoms with van der Waals surface area (Å²) in [6.07, 6.45) is 3.29. The fourth-order valence-corrected chi connectivity index (χ4v) is 2.81. The van der Waals surface area contributed by atoms with E-state index in [-0.39, 0.29) is 17.7 Å². The van der Waals surface area contributed by atoms with Crippen LogP contribution in [0, 0.1) is 0 Å². The molecule has 3 rings (SSSR count). The number of benzene rings is 2. The van der Waals surface area contributed by atoms with Crippen LogP contribution in [0.2, 0.25) is 0 Å². The summed E-state index contributed by atoms with van der Waals surface area (Å²) >= 11 is 0. The molecule has 0 fully saturated rings. The molecule has 7 heteroatoms. The van der Waals surface area contributed by atoms with Crippen LogP contribution in [0.5, 0.6) is 0 Å². The van der Waals surface area contributed by atoms with Gasteiger partial charge in [-0.1, -0.05) is 37.3 Å². The van der Waals surface area contributed by atoms with Crippen molar-refractivity contribution in [1.82, 2.24) is 14.8 Å². The van der Waals surface area contributed by atoms with Crippen molar-refractivity contribution >= 4 is 23.2 Å². The molecule has 0 bridgehead atoms. The van der Waals surface area contributed by atoms with Gasteiger partial charge in [0, 0.05) is 17.8 Å². The summed E-state index contributed by atoms with van der Waals surface area (Å²) in [6, 6.07) is 16.5. The first-order chi connectivity index (χ1) is 13.5. The number of anilines is 2. The number of hydrogen-bond acceptors (Lipinski definition) is 4. The summed E-state index contributed by atoms with van der Waals surface area (Å²) in [5, 5.41) is 9.69. The van der Waals surface area contributed by atoms with E-state index in [9.17, 15) is 9.59 Å². The Morgan fingerprint density at radius 1 is 0.964 bits per heavy atom. The van der Waals surface area contributed by atoms with Crippen molar-refractivity contribution in [3.63, 3.8) is 0 Å². The predicted octanol–water partition coefficient (Wildman–Crippen LogP) is 3.61. The molecule has 0 saturated heterocycles. The highest BCUT2D eigenvalue weighted by Crippen LogP contribution is 2.20. The number of amides is 2. The van der Waals surface area contributed by atoms with Crippen molar-refractivity contribution in [2.24, 2.45) is 0 Å². The molecule has 2 aromatic carbocycles. The Hall–Kier alpha value is -3.48. The normalized spacial score (nSPS) is 12.8. The maximum atomic E-state index is 12.3. The molecule has 0 aliphatic rings. The van der Waals surface area contributed by atoms with Crippen LogP contribution in [0.3, 0.4) is 0 Å². The lowest BCUT2D eigenvalue weighted by Crippen LogP contribution is -2.24. The number of aromatic nitrogens is 3. The summed E-state index contributed by atoms with van der Waals surface area (Å²) < 4.78 is 1.48. The Morgan fingerprint density at radius 3 is 2.21 bits per heavy atom. The van der Waals surface area contributed by atoms with Crippen molar-refractivity contribution in [2.45, 2.75) is 32.2 Å². The third kappa shape index (κ3) is 5.03. The highest BCUT2D eigenvalue weighted by molar-refractivity contribution is 5.94. The van der Waals surface area contributed by atoms with Crippen molar-refractivity contribution < 1.29 is 9.59 Å². The summed E-state index contributed by atoms with van der Waals surface area (Å²) in [7, 11) is 0. The summed E-state index contributed by atoms with van der Waals surface area (Å²) in [4.78, 5) is 28.4. The lowest BCUT2D eigenvalue weighted by atomic mass is 9.97. The van der Waals surface area contributed by atoms with Gasteiger partial charge in [-0.25, -0.2) is 9.67 Å². The van der Waals surface area contributed by atoms with Gasteiger partial charge in [0.2, 0.25) is 11.8 Å². The van der Waals surface area contributed by atoms with Gasteiger partial charge in [0.05, 0.1) is 0 Å². The summed E-state index contributed by atoms with van der Waals surface area (Å²) in [5.41, 5.74) is 2.47. The molecule has 2 amide bonds. The Labute approximate surface area is 163 Å². The van der Waals surface area contributed by atoms with E-state index in [4.69, 9.17) is 0 Å². The van der Waals surface area contributed by atoms with Crippen molar-refractivity contribution in [3.05, 3.63) is 72.8 Å². The molecule has 28 heavy (non-hydrogen) atoms. The van der Waals surface area contributed by atoms with Crippen LogP contribution in [0.25, 0.3) is 0 Å². The molecule has 2 N–H and O–H groups in total. The van der Waals surface area contributed by atoms with E-state index < -0.39 is 6.04 Å². The maximum Gasteiger partial charge on any atom is 0.249 e. The first kappa shape index (κ1) is 19.3. The molecule has 1 aromatic heterocycles. The Kier molecular flexibility index (Phi) is 6.16. The summed E-state index contributed by atoms with van der Waals surface area (Å²) in [5.74, 6) is -0.107. The van der Waals surface area contributed by atoms with Gasteiger partial charge in [-0.15, -0.1) is 0 Å². The third-order valence-corrected chi connectivity index (χ3v) is 4.51. The SMILES string of the molecule is C[C@H](C(=O)Nc1ccc(NC(=O)C[C@H](C)c2ccccc2)cc1)n1cncn1. The Bertz CT molecular complexity index is 908. The van der Waals surface area contributed by atoms with Crippen LogP contribution in [-0.2, 0) is 9.59 Å². The first-order valence-corrected chi connectivity index (χ1v) is 9.13. The molecular weight excluding hydrogens is 354 g/mol. The molecule has 0 spiro atoms. The number of carbonyl (C=O) groups is 2. The van der Waals surface area contributed by atoms with E-state index in [0.717, 1.165) is 5.56 Å². The standard InChI is InChI=1S/C21H23N5O2/c1-15(17-6-4-3-5-7-17)12-20(27)24-18-8-10-19(11-9-18)25-21(28)16(2)26-14-22-13-23-26/h3-11,13-16H,12H2,1-2H3,(H,24,27)(H,25,28)/t15-,16+/m0/s1. The van der Waals surface area contributed by atoms with E-state index >= 15 is 0 Å². The minimum Gasteiger partial charge on any atom is -0.326 e. The molecule has 0 aliphatic carbocycles. The predicted molar refractivity (Wildman–Crippen MR) is 108 cm³/mol. The molecule has 2 atom stereocenters. The second-order valence-electron chi connectivity index (χ2n) is 6.68. The second-order valence-corrected chi connectivity index (χ2v) is 6.68. The van der Waals surface area contributed by atoms with Crippen molar-refractivity contribution in [3.8, 4) is 0 Å². The molecule has 0 saturated carbocycles. The van der Waals surface area contributed by atoms with Crippen LogP contribution in [-0.4, -0.2) is 26.6 Å². The molecule has 7 nitrogen and oxygen atoms in total. The van der Waals surface area contributed by atoms with Crippen molar-refractivity contribution in [2.75, 3.05) is 10.6 Å². The first-order valence-electron chi connectivity index (χ1n) is 9.13. The lowest BCUT2D eigenvalue weighted by Gasteiger charge is -2.13. The highest BCUT2D eigenvalue weighted by atomic mass is 16.2. The number of carbonyl (C=O) groups excluding carboxylic acids is 2. The molecule has 144 valence electrons. The zero-order chi connectivity index (χ0) is 19.9. The van der Waals surface area contributed by atoms with Crippen LogP contribution < -0.4 is 10.6 Å². The minimum absolute atomic E-state index is 0.0482. The van der Waals surface area contributed by atoms with Crippen LogP contribution in [0.4, 0.5) is 11.4 Å². The highest BCUT2D eigenvalue weighted by Gasteiger charge is 2.15. The van der Waals surface area contributed by atoms with Gasteiger partial charge >= 0.3 is 0 Å². The van der Waals surface area contributed by atoms with Crippen LogP contribution in [0.15, 0.2) is 67.3 Å². The molecule has 0 radical (unpaired) electrons. The van der Waals surface area contributed by atoms with E-state index in [1.807, 2.05) is 37.3 Å². The molecule has 3 aromatic rings. The average Bonchev–Trinajstić information content (AvgIpc) is 3.24. The average molecular weight is 377 g/mol. The van der Waals surface area contributed by atoms with Gasteiger partial charge in [-0.3, -0.25) is 9.59 Å². The van der Waals surface area contributed by atoms with Gasteiger partial charge in [-0.2, -0.15) is 5.10 Å². The zero-order valence-electron chi connectivity index (χ0n) is 15.9. The number of nitrogens with zero attached hydrogens (tertiary/aromatic N) is 3. The Balaban J connectivity index is 1.52. The van der Waals surface area contributed by atoms with Gasteiger partial charge in [0.25, 0.3) is 0 Å². The number of rotatable bonds is 7. The van der Waals surface area contributed by atoms with E-state index in [1.165, 1.54) is 17.3 Å². The molecular formula is C21H23N5O2. The quantitative estimate of drug-likeness (QED) is 0.658. The fraction of sp³-hybridized carbons (Fsp3) is 0.238. The molecule has 1 heterocycles. The number of hydrogen-bond donors (Lipinski definition) is 2. The van der Waals surface area contributed by atoms with E-state index in [0.29, 0.717) is 17.8 Å². The smallest absolute Gasteiger partial charge is 0.249 e. The molecule has 0 unspecified atom stereocenters. The second kappa shape index (κ2) is 8.94. The maximum absolute atomic E-state index is 12.3. The van der Waals surface area contributed by atoms with Gasteiger partial charge in [0.15, 0.2) is 0 Å². The van der Waals surface area contributed by atoms with Gasteiger partial charge < -0.3 is 10.6 Å². The van der Waals surface area contributed by atoms with E-state index in [1.54, 1.807) is 31.2 Å². The fourth-order valence-electron chi connectivity index (χ4n) is 2.81. The third-order valence-electron chi connectivity index (χ3n) is 4.51. The van der Waals surface area contributed by atoms with Crippen LogP contribution >= 0.6 is 0 Å². The molecule has 0 aliphatic heterocycles. The minimum atomic E-state index is -0.471.